The van der Waals surface area contributed by atoms with Crippen LogP contribution in [0.5, 0.6) is 0 Å². The Balaban J connectivity index is 0.00000243. The molecule has 1 aromatic rings. The first kappa shape index (κ1) is 21.1. The molecule has 0 radical (unpaired) electrons. The van der Waals surface area contributed by atoms with Gasteiger partial charge in [-0.2, -0.15) is 13.2 Å². The van der Waals surface area contributed by atoms with Crippen molar-refractivity contribution in [3.8, 4) is 0 Å². The van der Waals surface area contributed by atoms with Gasteiger partial charge in [-0.25, -0.2) is 4.98 Å². The van der Waals surface area contributed by atoms with Gasteiger partial charge in [0.15, 0.2) is 0 Å². The lowest BCUT2D eigenvalue weighted by atomic mass is 9.95. The van der Waals surface area contributed by atoms with Crippen molar-refractivity contribution in [1.29, 1.82) is 0 Å². The number of pyridine rings is 1. The molecule has 2 aliphatic heterocycles. The number of carbonyl (C=O) groups excluding carboxylic acids is 1. The van der Waals surface area contributed by atoms with E-state index in [4.69, 9.17) is 17.3 Å². The predicted molar refractivity (Wildman–Crippen MR) is 95.6 cm³/mol. The highest BCUT2D eigenvalue weighted by Crippen LogP contribution is 2.34. The van der Waals surface area contributed by atoms with E-state index < -0.39 is 11.7 Å². The molecule has 10 heteroatoms. The molecular weight excluding hydrogens is 392 g/mol. The van der Waals surface area contributed by atoms with Crippen molar-refractivity contribution in [2.75, 3.05) is 31.1 Å². The number of nitrogens with zero attached hydrogens (tertiary/aromatic N) is 3. The number of hydrogen-bond acceptors (Lipinski definition) is 4. The highest BCUT2D eigenvalue weighted by molar-refractivity contribution is 6.33. The summed E-state index contributed by atoms with van der Waals surface area (Å²) in [5, 5.41) is -0.0230. The maximum absolute atomic E-state index is 12.7. The number of likely N-dealkylation sites (tertiary alicyclic amines) is 1. The van der Waals surface area contributed by atoms with Gasteiger partial charge in [-0.15, -0.1) is 12.4 Å². The summed E-state index contributed by atoms with van der Waals surface area (Å²) < 4.78 is 38.1. The number of hydrogen-bond donors (Lipinski definition) is 1. The lowest BCUT2D eigenvalue weighted by Gasteiger charge is -2.34. The van der Waals surface area contributed by atoms with Crippen molar-refractivity contribution >= 4 is 35.7 Å². The predicted octanol–water partition coefficient (Wildman–Crippen LogP) is 2.95. The Morgan fingerprint density at radius 3 is 2.38 bits per heavy atom. The summed E-state index contributed by atoms with van der Waals surface area (Å²) in [5.41, 5.74) is 4.98. The van der Waals surface area contributed by atoms with Crippen molar-refractivity contribution in [3.63, 3.8) is 0 Å². The van der Waals surface area contributed by atoms with Gasteiger partial charge < -0.3 is 15.5 Å². The number of anilines is 1. The van der Waals surface area contributed by atoms with E-state index in [1.807, 2.05) is 9.80 Å². The van der Waals surface area contributed by atoms with Crippen LogP contribution in [0.1, 0.15) is 24.8 Å². The van der Waals surface area contributed by atoms with Gasteiger partial charge in [0.1, 0.15) is 5.82 Å². The Morgan fingerprint density at radius 2 is 1.88 bits per heavy atom. The molecule has 0 bridgehead atoms. The van der Waals surface area contributed by atoms with Crippen molar-refractivity contribution in [1.82, 2.24) is 9.88 Å². The van der Waals surface area contributed by atoms with Crippen LogP contribution >= 0.6 is 24.0 Å². The molecule has 0 spiro atoms. The van der Waals surface area contributed by atoms with Crippen LogP contribution < -0.4 is 10.6 Å². The Hall–Kier alpha value is -1.25. The van der Waals surface area contributed by atoms with Crippen LogP contribution in [0.2, 0.25) is 5.02 Å². The normalized spacial score (nSPS) is 21.7. The van der Waals surface area contributed by atoms with Crippen LogP contribution in [0.4, 0.5) is 19.0 Å². The second-order valence-corrected chi connectivity index (χ2v) is 7.03. The Morgan fingerprint density at radius 1 is 1.23 bits per heavy atom. The highest BCUT2D eigenvalue weighted by Gasteiger charge is 2.34. The van der Waals surface area contributed by atoms with Crippen LogP contribution in [0.3, 0.4) is 0 Å². The minimum absolute atomic E-state index is 0. The molecule has 1 amide bonds. The number of carbonyl (C=O) groups is 1. The van der Waals surface area contributed by atoms with E-state index in [1.54, 1.807) is 0 Å². The summed E-state index contributed by atoms with van der Waals surface area (Å²) in [7, 11) is 0. The van der Waals surface area contributed by atoms with E-state index in [9.17, 15) is 18.0 Å². The first-order valence-electron chi connectivity index (χ1n) is 8.28. The fourth-order valence-electron chi connectivity index (χ4n) is 3.40. The third-order valence-corrected chi connectivity index (χ3v) is 5.11. The summed E-state index contributed by atoms with van der Waals surface area (Å²) in [5.74, 6) is 0.387. The average Bonchev–Trinajstić information content (AvgIpc) is 3.00. The fourth-order valence-corrected chi connectivity index (χ4v) is 3.69. The standard InChI is InChI=1S/C16H20ClF3N4O.ClH/c17-13-7-11(16(18,19)20)8-22-14(13)23-4-1-10(2-5-23)15(25)24-6-3-12(21)9-24;/h7-8,10,12H,1-6,9,21H2;1H. The van der Waals surface area contributed by atoms with Gasteiger partial charge in [-0.3, -0.25) is 4.79 Å². The Kier molecular flexibility index (Phi) is 6.63. The van der Waals surface area contributed by atoms with E-state index in [2.05, 4.69) is 4.98 Å². The third kappa shape index (κ3) is 4.53. The number of rotatable bonds is 2. The number of halogens is 5. The minimum Gasteiger partial charge on any atom is -0.355 e. The molecule has 2 fully saturated rings. The van der Waals surface area contributed by atoms with Crippen molar-refractivity contribution in [2.45, 2.75) is 31.5 Å². The number of piperidine rings is 1. The molecule has 2 N–H and O–H groups in total. The van der Waals surface area contributed by atoms with E-state index in [-0.39, 0.29) is 35.3 Å². The van der Waals surface area contributed by atoms with Gasteiger partial charge in [0.05, 0.1) is 10.6 Å². The molecule has 2 saturated heterocycles. The lowest BCUT2D eigenvalue weighted by Crippen LogP contribution is -2.42. The number of amides is 1. The number of alkyl halides is 3. The highest BCUT2D eigenvalue weighted by atomic mass is 35.5. The summed E-state index contributed by atoms with van der Waals surface area (Å²) >= 11 is 5.99. The van der Waals surface area contributed by atoms with Crippen LogP contribution in [0.25, 0.3) is 0 Å². The van der Waals surface area contributed by atoms with Gasteiger partial charge in [-0.05, 0) is 25.3 Å². The van der Waals surface area contributed by atoms with Gasteiger partial charge in [-0.1, -0.05) is 11.6 Å². The van der Waals surface area contributed by atoms with Crippen LogP contribution in [0, 0.1) is 5.92 Å². The summed E-state index contributed by atoms with van der Waals surface area (Å²) in [6, 6.07) is 0.950. The molecule has 1 atom stereocenters. The molecule has 0 aromatic carbocycles. The van der Waals surface area contributed by atoms with Gasteiger partial charge in [0, 0.05) is 44.3 Å². The van der Waals surface area contributed by atoms with Crippen LogP contribution in [-0.4, -0.2) is 48.0 Å². The van der Waals surface area contributed by atoms with E-state index in [1.165, 1.54) is 0 Å². The largest absolute Gasteiger partial charge is 0.417 e. The molecular formula is C16H21Cl2F3N4O. The topological polar surface area (TPSA) is 62.5 Å². The van der Waals surface area contributed by atoms with Crippen molar-refractivity contribution in [3.05, 3.63) is 22.8 Å². The van der Waals surface area contributed by atoms with Gasteiger partial charge in [0.25, 0.3) is 0 Å². The summed E-state index contributed by atoms with van der Waals surface area (Å²) in [4.78, 5) is 20.0. The second-order valence-electron chi connectivity index (χ2n) is 6.62. The summed E-state index contributed by atoms with van der Waals surface area (Å²) in [6.45, 7) is 2.38. The zero-order valence-electron chi connectivity index (χ0n) is 14.0. The zero-order chi connectivity index (χ0) is 18.2. The maximum atomic E-state index is 12.7. The third-order valence-electron chi connectivity index (χ3n) is 4.83. The van der Waals surface area contributed by atoms with Crippen LogP contribution in [0.15, 0.2) is 12.3 Å². The zero-order valence-corrected chi connectivity index (χ0v) is 15.6. The number of nitrogens with two attached hydrogens (primary N) is 1. The smallest absolute Gasteiger partial charge is 0.355 e. The monoisotopic (exact) mass is 412 g/mol. The van der Waals surface area contributed by atoms with Crippen LogP contribution in [-0.2, 0) is 11.0 Å². The summed E-state index contributed by atoms with van der Waals surface area (Å²) in [6.07, 6.45) is -1.59. The Labute approximate surface area is 161 Å². The molecule has 2 aliphatic rings. The number of aromatic nitrogens is 1. The molecule has 5 nitrogen and oxygen atoms in total. The average molecular weight is 413 g/mol. The van der Waals surface area contributed by atoms with E-state index in [0.717, 1.165) is 18.7 Å². The van der Waals surface area contributed by atoms with Gasteiger partial charge in [0.2, 0.25) is 5.91 Å². The maximum Gasteiger partial charge on any atom is 0.417 e. The van der Waals surface area contributed by atoms with Gasteiger partial charge >= 0.3 is 6.18 Å². The second kappa shape index (κ2) is 8.19. The first-order valence-corrected chi connectivity index (χ1v) is 8.65. The molecule has 146 valence electrons. The van der Waals surface area contributed by atoms with Crippen molar-refractivity contribution < 1.29 is 18.0 Å². The minimum atomic E-state index is -4.47. The Bertz CT molecular complexity index is 651. The first-order chi connectivity index (χ1) is 11.8. The quantitative estimate of drug-likeness (QED) is 0.810. The van der Waals surface area contributed by atoms with Crippen molar-refractivity contribution in [2.24, 2.45) is 11.7 Å². The molecule has 3 rings (SSSR count). The lowest BCUT2D eigenvalue weighted by molar-refractivity contribution is -0.138. The SMILES string of the molecule is Cl.NC1CCN(C(=O)C2CCN(c3ncc(C(F)(F)F)cc3Cl)CC2)C1. The molecule has 0 aliphatic carbocycles. The molecule has 1 unspecified atom stereocenters. The van der Waals surface area contributed by atoms with E-state index >= 15 is 0 Å². The molecule has 1 aromatic heterocycles. The molecule has 26 heavy (non-hydrogen) atoms. The van der Waals surface area contributed by atoms with E-state index in [0.29, 0.717) is 44.8 Å². The molecule has 0 saturated carbocycles. The fraction of sp³-hybridized carbons (Fsp3) is 0.625. The molecule has 3 heterocycles.